The van der Waals surface area contributed by atoms with Gasteiger partial charge in [0.25, 0.3) is 0 Å². The fourth-order valence-electron chi connectivity index (χ4n) is 1.88. The van der Waals surface area contributed by atoms with E-state index in [1.165, 1.54) is 13.8 Å². The number of benzene rings is 1. The first-order valence-corrected chi connectivity index (χ1v) is 7.44. The van der Waals surface area contributed by atoms with Gasteiger partial charge in [-0.3, -0.25) is 9.59 Å². The highest BCUT2D eigenvalue weighted by Crippen LogP contribution is 2.27. The zero-order chi connectivity index (χ0) is 15.5. The topological polar surface area (TPSA) is 66.4 Å². The Kier molecular flexibility index (Phi) is 4.43. The minimum Gasteiger partial charge on any atom is -0.481 e. The van der Waals surface area contributed by atoms with Crippen molar-refractivity contribution in [3.05, 3.63) is 41.8 Å². The van der Waals surface area contributed by atoms with Crippen LogP contribution >= 0.6 is 11.3 Å². The van der Waals surface area contributed by atoms with Gasteiger partial charge in [-0.2, -0.15) is 0 Å². The van der Waals surface area contributed by atoms with Crippen molar-refractivity contribution in [3.8, 4) is 10.4 Å². The SMILES string of the molecule is CC(C)(CC(=O)Nc1cccc(-c2cccs2)c1)C(=O)O. The molecule has 1 heterocycles. The Morgan fingerprint density at radius 1 is 1.24 bits per heavy atom. The van der Waals surface area contributed by atoms with E-state index < -0.39 is 11.4 Å². The van der Waals surface area contributed by atoms with Gasteiger partial charge in [0.2, 0.25) is 5.91 Å². The molecule has 0 spiro atoms. The molecule has 0 aliphatic heterocycles. The highest BCUT2D eigenvalue weighted by Gasteiger charge is 2.30. The Bertz CT molecular complexity index is 647. The fourth-order valence-corrected chi connectivity index (χ4v) is 2.60. The molecule has 2 rings (SSSR count). The van der Waals surface area contributed by atoms with E-state index in [9.17, 15) is 9.59 Å². The molecule has 1 aromatic heterocycles. The minimum atomic E-state index is -1.07. The predicted molar refractivity (Wildman–Crippen MR) is 84.4 cm³/mol. The summed E-state index contributed by atoms with van der Waals surface area (Å²) in [5, 5.41) is 13.8. The number of carbonyl (C=O) groups excluding carboxylic acids is 1. The summed E-state index contributed by atoms with van der Waals surface area (Å²) < 4.78 is 0. The number of aliphatic carboxylic acids is 1. The number of nitrogens with one attached hydrogen (secondary N) is 1. The number of carboxylic acid groups (broad SMARTS) is 1. The minimum absolute atomic E-state index is 0.0639. The first-order valence-electron chi connectivity index (χ1n) is 6.56. The molecule has 0 bridgehead atoms. The molecular formula is C16H17NO3S. The van der Waals surface area contributed by atoms with E-state index in [2.05, 4.69) is 5.32 Å². The average Bonchev–Trinajstić information content (AvgIpc) is 2.91. The normalized spacial score (nSPS) is 11.1. The molecule has 1 amide bonds. The third-order valence-electron chi connectivity index (χ3n) is 3.13. The summed E-state index contributed by atoms with van der Waals surface area (Å²) in [4.78, 5) is 24.1. The average molecular weight is 303 g/mol. The molecule has 0 saturated heterocycles. The lowest BCUT2D eigenvalue weighted by molar-refractivity contribution is -0.148. The van der Waals surface area contributed by atoms with Crippen molar-refractivity contribution in [1.29, 1.82) is 0 Å². The molecule has 2 N–H and O–H groups in total. The maximum absolute atomic E-state index is 12.0. The number of rotatable bonds is 5. The van der Waals surface area contributed by atoms with Crippen molar-refractivity contribution in [2.45, 2.75) is 20.3 Å². The molecule has 5 heteroatoms. The van der Waals surface area contributed by atoms with Crippen LogP contribution < -0.4 is 5.32 Å². The number of hydrogen-bond acceptors (Lipinski definition) is 3. The van der Waals surface area contributed by atoms with Crippen LogP contribution in [-0.4, -0.2) is 17.0 Å². The van der Waals surface area contributed by atoms with Crippen LogP contribution in [0.2, 0.25) is 0 Å². The summed E-state index contributed by atoms with van der Waals surface area (Å²) in [5.74, 6) is -1.28. The van der Waals surface area contributed by atoms with E-state index in [0.717, 1.165) is 10.4 Å². The molecule has 110 valence electrons. The standard InChI is InChI=1S/C16H17NO3S/c1-16(2,15(19)20)10-14(18)17-12-6-3-5-11(9-12)13-7-4-8-21-13/h3-9H,10H2,1-2H3,(H,17,18)(H,19,20). The van der Waals surface area contributed by atoms with Crippen LogP contribution in [-0.2, 0) is 9.59 Å². The largest absolute Gasteiger partial charge is 0.481 e. The summed E-state index contributed by atoms with van der Waals surface area (Å²) >= 11 is 1.63. The Labute approximate surface area is 127 Å². The van der Waals surface area contributed by atoms with E-state index >= 15 is 0 Å². The van der Waals surface area contributed by atoms with Crippen LogP contribution in [0.1, 0.15) is 20.3 Å². The third kappa shape index (κ3) is 3.92. The number of hydrogen-bond donors (Lipinski definition) is 2. The van der Waals surface area contributed by atoms with E-state index in [-0.39, 0.29) is 12.3 Å². The molecule has 0 radical (unpaired) electrons. The van der Waals surface area contributed by atoms with E-state index in [4.69, 9.17) is 5.11 Å². The lowest BCUT2D eigenvalue weighted by Gasteiger charge is -2.18. The molecule has 1 aromatic carbocycles. The van der Waals surface area contributed by atoms with Crippen molar-refractivity contribution in [3.63, 3.8) is 0 Å². The highest BCUT2D eigenvalue weighted by molar-refractivity contribution is 7.13. The second-order valence-electron chi connectivity index (χ2n) is 5.47. The third-order valence-corrected chi connectivity index (χ3v) is 4.05. The number of anilines is 1. The number of thiophene rings is 1. The first-order chi connectivity index (χ1) is 9.88. The summed E-state index contributed by atoms with van der Waals surface area (Å²) in [7, 11) is 0. The number of amides is 1. The van der Waals surface area contributed by atoms with Gasteiger partial charge in [0, 0.05) is 17.0 Å². The Morgan fingerprint density at radius 3 is 2.62 bits per heavy atom. The summed E-state index contributed by atoms with van der Waals surface area (Å²) in [6.45, 7) is 3.08. The fraction of sp³-hybridized carbons (Fsp3) is 0.250. The van der Waals surface area contributed by atoms with E-state index in [1.54, 1.807) is 17.4 Å². The van der Waals surface area contributed by atoms with Gasteiger partial charge >= 0.3 is 5.97 Å². The molecule has 0 unspecified atom stereocenters. The number of carbonyl (C=O) groups is 2. The molecule has 0 aliphatic carbocycles. The lowest BCUT2D eigenvalue weighted by atomic mass is 9.89. The molecule has 0 atom stereocenters. The van der Waals surface area contributed by atoms with Gasteiger partial charge in [-0.05, 0) is 43.0 Å². The second kappa shape index (κ2) is 6.10. The Hall–Kier alpha value is -2.14. The van der Waals surface area contributed by atoms with Crippen LogP contribution in [0, 0.1) is 5.41 Å². The number of carboxylic acids is 1. The van der Waals surface area contributed by atoms with Crippen LogP contribution in [0.3, 0.4) is 0 Å². The van der Waals surface area contributed by atoms with Crippen molar-refractivity contribution in [2.24, 2.45) is 5.41 Å². The van der Waals surface area contributed by atoms with Crippen molar-refractivity contribution >= 4 is 28.9 Å². The quantitative estimate of drug-likeness (QED) is 0.881. The van der Waals surface area contributed by atoms with Gasteiger partial charge in [0.15, 0.2) is 0 Å². The molecule has 21 heavy (non-hydrogen) atoms. The zero-order valence-corrected chi connectivity index (χ0v) is 12.7. The molecule has 0 aliphatic rings. The Morgan fingerprint density at radius 2 is 2.00 bits per heavy atom. The monoisotopic (exact) mass is 303 g/mol. The van der Waals surface area contributed by atoms with Gasteiger partial charge < -0.3 is 10.4 Å². The van der Waals surface area contributed by atoms with Crippen molar-refractivity contribution in [2.75, 3.05) is 5.32 Å². The van der Waals surface area contributed by atoms with Crippen LogP contribution in [0.4, 0.5) is 5.69 Å². The molecule has 0 saturated carbocycles. The Balaban J connectivity index is 2.08. The molecule has 2 aromatic rings. The van der Waals surface area contributed by atoms with Crippen LogP contribution in [0.5, 0.6) is 0 Å². The van der Waals surface area contributed by atoms with Gasteiger partial charge in [-0.25, -0.2) is 0 Å². The zero-order valence-electron chi connectivity index (χ0n) is 11.9. The van der Waals surface area contributed by atoms with E-state index in [0.29, 0.717) is 5.69 Å². The highest BCUT2D eigenvalue weighted by atomic mass is 32.1. The lowest BCUT2D eigenvalue weighted by Crippen LogP contribution is -2.29. The molecule has 0 fully saturated rings. The maximum Gasteiger partial charge on any atom is 0.309 e. The maximum atomic E-state index is 12.0. The molecule has 4 nitrogen and oxygen atoms in total. The predicted octanol–water partition coefficient (Wildman–Crippen LogP) is 3.85. The van der Waals surface area contributed by atoms with Gasteiger partial charge in [-0.1, -0.05) is 18.2 Å². The van der Waals surface area contributed by atoms with Crippen LogP contribution in [0.15, 0.2) is 41.8 Å². The van der Waals surface area contributed by atoms with Crippen molar-refractivity contribution < 1.29 is 14.7 Å². The van der Waals surface area contributed by atoms with Gasteiger partial charge in [0.05, 0.1) is 5.41 Å². The van der Waals surface area contributed by atoms with E-state index in [1.807, 2.05) is 35.7 Å². The molecular weight excluding hydrogens is 286 g/mol. The summed E-state index contributed by atoms with van der Waals surface area (Å²) in [5.41, 5.74) is 0.627. The van der Waals surface area contributed by atoms with Crippen molar-refractivity contribution in [1.82, 2.24) is 0 Å². The van der Waals surface area contributed by atoms with Crippen LogP contribution in [0.25, 0.3) is 10.4 Å². The smallest absolute Gasteiger partial charge is 0.309 e. The van der Waals surface area contributed by atoms with Gasteiger partial charge in [0.1, 0.15) is 0 Å². The van der Waals surface area contributed by atoms with Gasteiger partial charge in [-0.15, -0.1) is 11.3 Å². The summed E-state index contributed by atoms with van der Waals surface area (Å²) in [6, 6.07) is 11.5. The first kappa shape index (κ1) is 15.3. The summed E-state index contributed by atoms with van der Waals surface area (Å²) in [6.07, 6.45) is -0.0639. The second-order valence-corrected chi connectivity index (χ2v) is 6.42.